The highest BCUT2D eigenvalue weighted by Gasteiger charge is 2.12. The van der Waals surface area contributed by atoms with E-state index >= 15 is 0 Å². The molecule has 0 heterocycles. The van der Waals surface area contributed by atoms with Gasteiger partial charge in [0.15, 0.2) is 0 Å². The summed E-state index contributed by atoms with van der Waals surface area (Å²) in [5.74, 6) is 1.40. The maximum absolute atomic E-state index is 5.48. The highest BCUT2D eigenvalue weighted by atomic mass is 14.8. The van der Waals surface area contributed by atoms with Crippen LogP contribution in [0.15, 0.2) is 0 Å². The van der Waals surface area contributed by atoms with Gasteiger partial charge in [0.25, 0.3) is 0 Å². The maximum atomic E-state index is 5.48. The van der Waals surface area contributed by atoms with Gasteiger partial charge in [-0.2, -0.15) is 0 Å². The summed E-state index contributed by atoms with van der Waals surface area (Å²) < 4.78 is 0. The Kier molecular flexibility index (Phi) is 4.65. The first-order valence-electron chi connectivity index (χ1n) is 4.09. The number of hydrogen-bond acceptors (Lipinski definition) is 2. The molecule has 10 heavy (non-hydrogen) atoms. The summed E-state index contributed by atoms with van der Waals surface area (Å²) in [5.41, 5.74) is 11.0. The van der Waals surface area contributed by atoms with Crippen molar-refractivity contribution in [1.82, 2.24) is 0 Å². The van der Waals surface area contributed by atoms with Crippen LogP contribution in [0.4, 0.5) is 0 Å². The summed E-state index contributed by atoms with van der Waals surface area (Å²) in [6, 6.07) is 0. The Balaban J connectivity index is 3.60. The van der Waals surface area contributed by atoms with Crippen molar-refractivity contribution >= 4 is 0 Å². The van der Waals surface area contributed by atoms with Crippen molar-refractivity contribution in [3.63, 3.8) is 0 Å². The molecule has 0 saturated heterocycles. The second kappa shape index (κ2) is 4.69. The Hall–Kier alpha value is -0.0800. The molecule has 0 rings (SSSR count). The first kappa shape index (κ1) is 9.92. The highest BCUT2D eigenvalue weighted by Crippen LogP contribution is 2.18. The smallest absolute Gasteiger partial charge is 0.0523 e. The molecule has 0 aromatic carbocycles. The van der Waals surface area contributed by atoms with E-state index in [1.54, 1.807) is 0 Å². The van der Waals surface area contributed by atoms with Crippen molar-refractivity contribution in [3.05, 3.63) is 0 Å². The van der Waals surface area contributed by atoms with Crippen LogP contribution >= 0.6 is 0 Å². The van der Waals surface area contributed by atoms with E-state index in [1.807, 2.05) is 0 Å². The normalized spacial score (nSPS) is 14.7. The molecule has 4 N–H and O–H groups in total. The van der Waals surface area contributed by atoms with Gasteiger partial charge in [-0.1, -0.05) is 27.2 Å². The van der Waals surface area contributed by atoms with Crippen LogP contribution in [0.3, 0.4) is 0 Å². The quantitative estimate of drug-likeness (QED) is 0.584. The second-order valence-corrected chi connectivity index (χ2v) is 3.31. The molecule has 0 fully saturated rings. The van der Waals surface area contributed by atoms with Crippen molar-refractivity contribution < 1.29 is 0 Å². The lowest BCUT2D eigenvalue weighted by Crippen LogP contribution is -2.33. The summed E-state index contributed by atoms with van der Waals surface area (Å²) >= 11 is 0. The van der Waals surface area contributed by atoms with Crippen molar-refractivity contribution in [2.75, 3.05) is 0 Å². The third-order valence-corrected chi connectivity index (χ3v) is 2.04. The number of nitrogens with two attached hydrogens (primary N) is 2. The minimum atomic E-state index is -0.132. The fourth-order valence-corrected chi connectivity index (χ4v) is 1.26. The Bertz CT molecular complexity index is 79.3. The average molecular weight is 144 g/mol. The van der Waals surface area contributed by atoms with Gasteiger partial charge >= 0.3 is 0 Å². The summed E-state index contributed by atoms with van der Waals surface area (Å²) in [7, 11) is 0. The predicted octanol–water partition coefficient (Wildman–Crippen LogP) is 1.30. The van der Waals surface area contributed by atoms with E-state index in [2.05, 4.69) is 20.8 Å². The molecule has 2 nitrogen and oxygen atoms in total. The van der Waals surface area contributed by atoms with Crippen LogP contribution in [0, 0.1) is 11.8 Å². The minimum absolute atomic E-state index is 0.132. The van der Waals surface area contributed by atoms with Gasteiger partial charge in [0.2, 0.25) is 0 Å². The lowest BCUT2D eigenvalue weighted by Gasteiger charge is -2.20. The first-order valence-corrected chi connectivity index (χ1v) is 4.09. The summed E-state index contributed by atoms with van der Waals surface area (Å²) in [5, 5.41) is 0. The zero-order valence-corrected chi connectivity index (χ0v) is 7.30. The Morgan fingerprint density at radius 2 is 1.70 bits per heavy atom. The largest absolute Gasteiger partial charge is 0.316 e. The SMILES string of the molecule is CCC(CC(N)N)C(C)C. The van der Waals surface area contributed by atoms with Crippen LogP contribution in [-0.4, -0.2) is 6.17 Å². The maximum Gasteiger partial charge on any atom is 0.0523 e. The van der Waals surface area contributed by atoms with Crippen LogP contribution in [-0.2, 0) is 0 Å². The molecule has 62 valence electrons. The van der Waals surface area contributed by atoms with Crippen molar-refractivity contribution in [2.45, 2.75) is 39.8 Å². The monoisotopic (exact) mass is 144 g/mol. The van der Waals surface area contributed by atoms with E-state index in [0.717, 1.165) is 6.42 Å². The van der Waals surface area contributed by atoms with Gasteiger partial charge in [-0.15, -0.1) is 0 Å². The van der Waals surface area contributed by atoms with E-state index in [4.69, 9.17) is 11.5 Å². The molecule has 0 bridgehead atoms. The number of hydrogen-bond donors (Lipinski definition) is 2. The van der Waals surface area contributed by atoms with Gasteiger partial charge in [-0.25, -0.2) is 0 Å². The van der Waals surface area contributed by atoms with E-state index in [-0.39, 0.29) is 6.17 Å². The van der Waals surface area contributed by atoms with Gasteiger partial charge in [0.05, 0.1) is 6.17 Å². The summed E-state index contributed by atoms with van der Waals surface area (Å²) in [6.07, 6.45) is 2.00. The summed E-state index contributed by atoms with van der Waals surface area (Å²) in [6.45, 7) is 6.63. The lowest BCUT2D eigenvalue weighted by atomic mass is 9.89. The third-order valence-electron chi connectivity index (χ3n) is 2.04. The van der Waals surface area contributed by atoms with E-state index in [0.29, 0.717) is 11.8 Å². The molecular weight excluding hydrogens is 124 g/mol. The molecule has 1 atom stereocenters. The molecule has 0 aliphatic heterocycles. The molecule has 0 radical (unpaired) electrons. The van der Waals surface area contributed by atoms with Crippen molar-refractivity contribution in [2.24, 2.45) is 23.3 Å². The Morgan fingerprint density at radius 1 is 1.20 bits per heavy atom. The predicted molar refractivity (Wildman–Crippen MR) is 45.4 cm³/mol. The molecule has 0 saturated carbocycles. The zero-order chi connectivity index (χ0) is 8.15. The standard InChI is InChI=1S/C8H20N2/c1-4-7(6(2)3)5-8(9)10/h6-8H,4-5,9-10H2,1-3H3. The van der Waals surface area contributed by atoms with Gasteiger partial charge in [-0.3, -0.25) is 0 Å². The molecule has 0 spiro atoms. The molecule has 0 amide bonds. The van der Waals surface area contributed by atoms with Crippen molar-refractivity contribution in [3.8, 4) is 0 Å². The van der Waals surface area contributed by atoms with Gasteiger partial charge < -0.3 is 11.5 Å². The van der Waals surface area contributed by atoms with Crippen molar-refractivity contribution in [1.29, 1.82) is 0 Å². The lowest BCUT2D eigenvalue weighted by molar-refractivity contribution is 0.325. The molecular formula is C8H20N2. The van der Waals surface area contributed by atoms with E-state index in [9.17, 15) is 0 Å². The summed E-state index contributed by atoms with van der Waals surface area (Å²) in [4.78, 5) is 0. The first-order chi connectivity index (χ1) is 4.57. The average Bonchev–Trinajstić information content (AvgIpc) is 1.81. The third kappa shape index (κ3) is 3.85. The van der Waals surface area contributed by atoms with E-state index < -0.39 is 0 Å². The van der Waals surface area contributed by atoms with Crippen LogP contribution in [0.2, 0.25) is 0 Å². The minimum Gasteiger partial charge on any atom is -0.316 e. The fraction of sp³-hybridized carbons (Fsp3) is 1.00. The van der Waals surface area contributed by atoms with Crippen LogP contribution in [0.25, 0.3) is 0 Å². The molecule has 0 aliphatic carbocycles. The second-order valence-electron chi connectivity index (χ2n) is 3.31. The molecule has 1 unspecified atom stereocenters. The topological polar surface area (TPSA) is 52.0 Å². The molecule has 0 aliphatic rings. The van der Waals surface area contributed by atoms with Crippen LogP contribution in [0.1, 0.15) is 33.6 Å². The Labute approximate surface area is 64.0 Å². The van der Waals surface area contributed by atoms with Gasteiger partial charge in [0.1, 0.15) is 0 Å². The van der Waals surface area contributed by atoms with Gasteiger partial charge in [0, 0.05) is 0 Å². The molecule has 0 aromatic rings. The van der Waals surface area contributed by atoms with E-state index in [1.165, 1.54) is 6.42 Å². The van der Waals surface area contributed by atoms with Gasteiger partial charge in [-0.05, 0) is 18.3 Å². The number of rotatable bonds is 4. The molecule has 2 heteroatoms. The highest BCUT2D eigenvalue weighted by molar-refractivity contribution is 4.65. The van der Waals surface area contributed by atoms with Crippen LogP contribution in [0.5, 0.6) is 0 Å². The fourth-order valence-electron chi connectivity index (χ4n) is 1.26. The van der Waals surface area contributed by atoms with Crippen LogP contribution < -0.4 is 11.5 Å². The molecule has 0 aromatic heterocycles. The Morgan fingerprint density at radius 3 is 1.80 bits per heavy atom. The zero-order valence-electron chi connectivity index (χ0n) is 7.30.